The van der Waals surface area contributed by atoms with Gasteiger partial charge in [0.05, 0.1) is 5.69 Å². The molecule has 1 aromatic rings. The van der Waals surface area contributed by atoms with Gasteiger partial charge in [-0.05, 0) is 24.4 Å². The zero-order chi connectivity index (χ0) is 13.8. The van der Waals surface area contributed by atoms with Crippen LogP contribution in [0.2, 0.25) is 0 Å². The first-order chi connectivity index (χ1) is 9.11. The van der Waals surface area contributed by atoms with Crippen LogP contribution in [0.5, 0.6) is 0 Å². The molecule has 0 radical (unpaired) electrons. The molecule has 1 aromatic heterocycles. The lowest BCUT2D eigenvalue weighted by Crippen LogP contribution is -2.48. The highest BCUT2D eigenvalue weighted by Crippen LogP contribution is 2.15. The molecule has 1 atom stereocenters. The van der Waals surface area contributed by atoms with Crippen molar-refractivity contribution < 1.29 is 9.59 Å². The van der Waals surface area contributed by atoms with E-state index in [1.54, 1.807) is 11.9 Å². The van der Waals surface area contributed by atoms with Crippen molar-refractivity contribution in [3.63, 3.8) is 0 Å². The normalized spacial score (nSPS) is 19.6. The molecular weight excluding hydrogens is 264 g/mol. The van der Waals surface area contributed by atoms with Gasteiger partial charge in [-0.3, -0.25) is 9.59 Å². The van der Waals surface area contributed by atoms with Crippen LogP contribution in [-0.2, 0) is 11.2 Å². The molecule has 1 fully saturated rings. The average Bonchev–Trinajstić information content (AvgIpc) is 2.83. The minimum Gasteiger partial charge on any atom is -0.347 e. The molecule has 2 amide bonds. The van der Waals surface area contributed by atoms with Gasteiger partial charge in [0.15, 0.2) is 0 Å². The van der Waals surface area contributed by atoms with Crippen LogP contribution in [-0.4, -0.2) is 45.9 Å². The highest BCUT2D eigenvalue weighted by molar-refractivity contribution is 7.08. The molecule has 0 aromatic carbocycles. The van der Waals surface area contributed by atoms with E-state index in [1.165, 1.54) is 0 Å². The molecule has 1 aliphatic heterocycles. The van der Waals surface area contributed by atoms with E-state index >= 15 is 0 Å². The first-order valence-electron chi connectivity index (χ1n) is 6.47. The van der Waals surface area contributed by atoms with Gasteiger partial charge >= 0.3 is 0 Å². The second kappa shape index (κ2) is 6.10. The molecule has 7 heteroatoms. The average molecular weight is 282 g/mol. The van der Waals surface area contributed by atoms with E-state index in [0.717, 1.165) is 30.1 Å². The van der Waals surface area contributed by atoms with Gasteiger partial charge in [-0.2, -0.15) is 0 Å². The Labute approximate surface area is 116 Å². The number of carbonyl (C=O) groups is 2. The van der Waals surface area contributed by atoms with Crippen LogP contribution in [0.15, 0.2) is 0 Å². The van der Waals surface area contributed by atoms with Gasteiger partial charge in [0.25, 0.3) is 5.91 Å². The maximum atomic E-state index is 12.2. The van der Waals surface area contributed by atoms with Gasteiger partial charge in [0, 0.05) is 26.1 Å². The van der Waals surface area contributed by atoms with Gasteiger partial charge in [-0.25, -0.2) is 0 Å². The fourth-order valence-electron chi connectivity index (χ4n) is 2.16. The summed E-state index contributed by atoms with van der Waals surface area (Å²) in [5.41, 5.74) is 0.769. The highest BCUT2D eigenvalue weighted by Gasteiger charge is 2.25. The first-order valence-corrected chi connectivity index (χ1v) is 7.25. The summed E-state index contributed by atoms with van der Waals surface area (Å²) in [5, 5.41) is 6.96. The maximum absolute atomic E-state index is 12.2. The molecule has 0 saturated carbocycles. The molecule has 1 aliphatic rings. The Morgan fingerprint density at radius 2 is 2.37 bits per heavy atom. The minimum atomic E-state index is -0.119. The number of carbonyl (C=O) groups excluding carboxylic acids is 2. The third kappa shape index (κ3) is 3.28. The van der Waals surface area contributed by atoms with Crippen molar-refractivity contribution in [2.24, 2.45) is 0 Å². The lowest BCUT2D eigenvalue weighted by atomic mass is 10.1. The van der Waals surface area contributed by atoms with Gasteiger partial charge in [-0.1, -0.05) is 17.8 Å². The monoisotopic (exact) mass is 282 g/mol. The SMILES string of the molecule is CCCc1nnsc1C(=O)N[C@H]1CCC(=O)N(C)C1. The topological polar surface area (TPSA) is 75.2 Å². The standard InChI is InChI=1S/C12H18N4O2S/c1-3-4-9-11(19-15-14-9)12(18)13-8-5-6-10(17)16(2)7-8/h8H,3-7H2,1-2H3,(H,13,18)/t8-/m0/s1. The summed E-state index contributed by atoms with van der Waals surface area (Å²) in [6.07, 6.45) is 2.89. The number of piperidine rings is 1. The van der Waals surface area contributed by atoms with Crippen LogP contribution in [0.25, 0.3) is 0 Å². The minimum absolute atomic E-state index is 0.0202. The van der Waals surface area contributed by atoms with Gasteiger partial charge < -0.3 is 10.2 Å². The Hall–Kier alpha value is -1.50. The molecule has 0 unspecified atom stereocenters. The molecule has 19 heavy (non-hydrogen) atoms. The fraction of sp³-hybridized carbons (Fsp3) is 0.667. The summed E-state index contributed by atoms with van der Waals surface area (Å²) in [4.78, 5) is 25.8. The van der Waals surface area contributed by atoms with Gasteiger partial charge in [0.1, 0.15) is 4.88 Å². The van der Waals surface area contributed by atoms with Crippen LogP contribution in [0.1, 0.15) is 41.6 Å². The number of nitrogens with zero attached hydrogens (tertiary/aromatic N) is 3. The van der Waals surface area contributed by atoms with E-state index in [2.05, 4.69) is 14.9 Å². The molecule has 0 spiro atoms. The summed E-state index contributed by atoms with van der Waals surface area (Å²) >= 11 is 1.13. The van der Waals surface area contributed by atoms with Crippen LogP contribution >= 0.6 is 11.5 Å². The number of nitrogens with one attached hydrogen (secondary N) is 1. The predicted molar refractivity (Wildman–Crippen MR) is 72.0 cm³/mol. The van der Waals surface area contributed by atoms with Crippen molar-refractivity contribution in [3.8, 4) is 0 Å². The molecule has 1 saturated heterocycles. The van der Waals surface area contributed by atoms with Crippen molar-refractivity contribution in [2.45, 2.75) is 38.6 Å². The lowest BCUT2D eigenvalue weighted by Gasteiger charge is -2.30. The first kappa shape index (κ1) is 13.9. The molecule has 2 heterocycles. The van der Waals surface area contributed by atoms with Crippen LogP contribution in [0, 0.1) is 0 Å². The van der Waals surface area contributed by atoms with Gasteiger partial charge in [-0.15, -0.1) is 5.10 Å². The Morgan fingerprint density at radius 3 is 3.05 bits per heavy atom. The molecule has 6 nitrogen and oxygen atoms in total. The van der Waals surface area contributed by atoms with Crippen molar-refractivity contribution in [1.29, 1.82) is 0 Å². The zero-order valence-corrected chi connectivity index (χ0v) is 12.0. The van der Waals surface area contributed by atoms with Crippen molar-refractivity contribution in [3.05, 3.63) is 10.6 Å². The highest BCUT2D eigenvalue weighted by atomic mass is 32.1. The Morgan fingerprint density at radius 1 is 1.58 bits per heavy atom. The number of aryl methyl sites for hydroxylation is 1. The Bertz CT molecular complexity index is 474. The maximum Gasteiger partial charge on any atom is 0.265 e. The zero-order valence-electron chi connectivity index (χ0n) is 11.2. The summed E-state index contributed by atoms with van der Waals surface area (Å²) in [5.74, 6) is 0.0165. The van der Waals surface area contributed by atoms with E-state index < -0.39 is 0 Å². The number of likely N-dealkylation sites (N-methyl/N-ethyl adjacent to an activating group) is 1. The van der Waals surface area contributed by atoms with Crippen LogP contribution in [0.3, 0.4) is 0 Å². The number of rotatable bonds is 4. The lowest BCUT2D eigenvalue weighted by molar-refractivity contribution is -0.132. The van der Waals surface area contributed by atoms with Crippen molar-refractivity contribution >= 4 is 23.3 Å². The largest absolute Gasteiger partial charge is 0.347 e. The fourth-order valence-corrected chi connectivity index (χ4v) is 2.77. The Kier molecular flexibility index (Phi) is 4.47. The number of likely N-dealkylation sites (tertiary alicyclic amines) is 1. The molecule has 104 valence electrons. The molecule has 2 rings (SSSR count). The Balaban J connectivity index is 1.97. The molecular formula is C12H18N4O2S. The second-order valence-electron chi connectivity index (χ2n) is 4.78. The molecule has 1 N–H and O–H groups in total. The quantitative estimate of drug-likeness (QED) is 0.888. The smallest absolute Gasteiger partial charge is 0.265 e. The van der Waals surface area contributed by atoms with Crippen molar-refractivity contribution in [2.75, 3.05) is 13.6 Å². The molecule has 0 aliphatic carbocycles. The van der Waals surface area contributed by atoms with E-state index in [9.17, 15) is 9.59 Å². The van der Waals surface area contributed by atoms with Crippen LogP contribution < -0.4 is 5.32 Å². The summed E-state index contributed by atoms with van der Waals surface area (Å²) in [7, 11) is 1.76. The molecule has 0 bridgehead atoms. The van der Waals surface area contributed by atoms with E-state index in [1.807, 2.05) is 6.92 Å². The van der Waals surface area contributed by atoms with E-state index in [-0.39, 0.29) is 17.9 Å². The number of hydrogen-bond donors (Lipinski definition) is 1. The van der Waals surface area contributed by atoms with E-state index in [4.69, 9.17) is 0 Å². The summed E-state index contributed by atoms with van der Waals surface area (Å²) < 4.78 is 3.85. The summed E-state index contributed by atoms with van der Waals surface area (Å²) in [6.45, 7) is 2.61. The summed E-state index contributed by atoms with van der Waals surface area (Å²) in [6, 6.07) is 0.0202. The van der Waals surface area contributed by atoms with Gasteiger partial charge in [0.2, 0.25) is 5.91 Å². The third-order valence-electron chi connectivity index (χ3n) is 3.21. The third-order valence-corrected chi connectivity index (χ3v) is 3.98. The van der Waals surface area contributed by atoms with Crippen LogP contribution in [0.4, 0.5) is 0 Å². The number of aromatic nitrogens is 2. The second-order valence-corrected chi connectivity index (χ2v) is 5.54. The van der Waals surface area contributed by atoms with E-state index in [0.29, 0.717) is 24.3 Å². The number of hydrogen-bond acceptors (Lipinski definition) is 5. The van der Waals surface area contributed by atoms with Crippen molar-refractivity contribution in [1.82, 2.24) is 19.8 Å². The number of amides is 2. The predicted octanol–water partition coefficient (Wildman–Crippen LogP) is 0.841.